The maximum atomic E-state index is 11.7. The molecule has 1 aromatic carbocycles. The second-order valence-electron chi connectivity index (χ2n) is 4.14. The average molecular weight is 237 g/mol. The van der Waals surface area contributed by atoms with Gasteiger partial charge in [-0.1, -0.05) is 26.0 Å². The summed E-state index contributed by atoms with van der Waals surface area (Å²) in [5, 5.41) is 10.5. The van der Waals surface area contributed by atoms with E-state index in [2.05, 4.69) is 0 Å². The molecular weight excluding hydrogens is 222 g/mol. The Hall–Kier alpha value is -1.75. The molecule has 0 fully saturated rings. The molecule has 1 aromatic rings. The number of ether oxygens (including phenoxy) is 1. The third-order valence-electron chi connectivity index (χ3n) is 2.06. The molecule has 17 heavy (non-hydrogen) atoms. The van der Waals surface area contributed by atoms with Gasteiger partial charge in [0.15, 0.2) is 5.78 Å². The fraction of sp³-hybridized carbons (Fsp3) is 0.417. The molecule has 0 heterocycles. The summed E-state index contributed by atoms with van der Waals surface area (Å²) in [6.07, 6.45) is 0. The van der Waals surface area contributed by atoms with Crippen molar-refractivity contribution < 1.29 is 14.5 Å². The summed E-state index contributed by atoms with van der Waals surface area (Å²) in [6.45, 7) is 4.43. The second-order valence-corrected chi connectivity index (χ2v) is 4.14. The van der Waals surface area contributed by atoms with Crippen LogP contribution in [0, 0.1) is 16.0 Å². The number of nitrogens with zero attached hydrogens (tertiary/aromatic N) is 1. The number of rotatable bonds is 6. The number of nitro benzene ring substituents is 1. The van der Waals surface area contributed by atoms with Crippen LogP contribution in [0.25, 0.3) is 0 Å². The summed E-state index contributed by atoms with van der Waals surface area (Å²) in [5.41, 5.74) is 0.225. The minimum atomic E-state index is -0.522. The lowest BCUT2D eigenvalue weighted by Gasteiger charge is -2.05. The number of non-ortho nitro benzene ring substituents is 1. The number of nitro groups is 1. The number of ketones is 1. The first kappa shape index (κ1) is 13.3. The molecule has 92 valence electrons. The maximum absolute atomic E-state index is 11.7. The van der Waals surface area contributed by atoms with E-state index in [1.807, 2.05) is 13.8 Å². The van der Waals surface area contributed by atoms with Gasteiger partial charge in [0, 0.05) is 24.3 Å². The quantitative estimate of drug-likeness (QED) is 0.433. The van der Waals surface area contributed by atoms with E-state index in [0.717, 1.165) is 0 Å². The number of carbonyl (C=O) groups is 1. The van der Waals surface area contributed by atoms with Crippen molar-refractivity contribution in [1.82, 2.24) is 0 Å². The fourth-order valence-electron chi connectivity index (χ4n) is 1.26. The summed E-state index contributed by atoms with van der Waals surface area (Å²) in [5.74, 6) is 0.113. The lowest BCUT2D eigenvalue weighted by Crippen LogP contribution is -2.12. The molecule has 5 heteroatoms. The largest absolute Gasteiger partial charge is 0.373 e. The monoisotopic (exact) mass is 237 g/mol. The molecule has 0 aromatic heterocycles. The lowest BCUT2D eigenvalue weighted by molar-refractivity contribution is -0.384. The summed E-state index contributed by atoms with van der Waals surface area (Å²) in [4.78, 5) is 21.7. The zero-order valence-electron chi connectivity index (χ0n) is 9.88. The summed E-state index contributed by atoms with van der Waals surface area (Å²) < 4.78 is 5.19. The van der Waals surface area contributed by atoms with Crippen molar-refractivity contribution in [3.8, 4) is 0 Å². The smallest absolute Gasteiger partial charge is 0.270 e. The Morgan fingerprint density at radius 1 is 1.47 bits per heavy atom. The Morgan fingerprint density at radius 3 is 2.76 bits per heavy atom. The Kier molecular flexibility index (Phi) is 4.78. The Morgan fingerprint density at radius 2 is 2.18 bits per heavy atom. The fourth-order valence-corrected chi connectivity index (χ4v) is 1.26. The van der Waals surface area contributed by atoms with Crippen LogP contribution in [-0.2, 0) is 4.74 Å². The predicted molar refractivity (Wildman–Crippen MR) is 63.1 cm³/mol. The second kappa shape index (κ2) is 6.10. The van der Waals surface area contributed by atoms with E-state index in [-0.39, 0.29) is 18.1 Å². The first-order chi connectivity index (χ1) is 8.00. The highest BCUT2D eigenvalue weighted by atomic mass is 16.6. The molecule has 0 aliphatic rings. The molecule has 0 aliphatic heterocycles. The molecule has 5 nitrogen and oxygen atoms in total. The standard InChI is InChI=1S/C12H15NO4/c1-9(2)7-17-8-12(14)10-4-3-5-11(6-10)13(15)16/h3-6,9H,7-8H2,1-2H3. The number of Topliss-reactive ketones (excluding diaryl/α,β-unsaturated/α-hetero) is 1. The summed E-state index contributed by atoms with van der Waals surface area (Å²) in [7, 11) is 0. The molecule has 0 aliphatic carbocycles. The maximum Gasteiger partial charge on any atom is 0.270 e. The molecule has 1 rings (SSSR count). The van der Waals surface area contributed by atoms with Crippen LogP contribution in [0.2, 0.25) is 0 Å². The van der Waals surface area contributed by atoms with E-state index in [1.54, 1.807) is 6.07 Å². The van der Waals surface area contributed by atoms with Gasteiger partial charge in [-0.15, -0.1) is 0 Å². The number of hydrogen-bond donors (Lipinski definition) is 0. The van der Waals surface area contributed by atoms with Crippen molar-refractivity contribution in [2.45, 2.75) is 13.8 Å². The van der Waals surface area contributed by atoms with Crippen LogP contribution in [0.4, 0.5) is 5.69 Å². The minimum absolute atomic E-state index is 0.0423. The molecule has 0 N–H and O–H groups in total. The van der Waals surface area contributed by atoms with Crippen LogP contribution in [0.3, 0.4) is 0 Å². The van der Waals surface area contributed by atoms with E-state index < -0.39 is 4.92 Å². The highest BCUT2D eigenvalue weighted by Gasteiger charge is 2.11. The first-order valence-electron chi connectivity index (χ1n) is 5.36. The van der Waals surface area contributed by atoms with Gasteiger partial charge in [-0.2, -0.15) is 0 Å². The van der Waals surface area contributed by atoms with Crippen LogP contribution < -0.4 is 0 Å². The summed E-state index contributed by atoms with van der Waals surface area (Å²) >= 11 is 0. The van der Waals surface area contributed by atoms with Gasteiger partial charge in [0.25, 0.3) is 5.69 Å². The van der Waals surface area contributed by atoms with Gasteiger partial charge in [-0.25, -0.2) is 0 Å². The normalized spacial score (nSPS) is 10.5. The van der Waals surface area contributed by atoms with Crippen LogP contribution in [0.15, 0.2) is 24.3 Å². The van der Waals surface area contributed by atoms with Gasteiger partial charge in [-0.3, -0.25) is 14.9 Å². The van der Waals surface area contributed by atoms with Crippen LogP contribution in [0.1, 0.15) is 24.2 Å². The molecule has 0 amide bonds. The summed E-state index contributed by atoms with van der Waals surface area (Å²) in [6, 6.07) is 5.66. The lowest BCUT2D eigenvalue weighted by atomic mass is 10.1. The number of benzene rings is 1. The third kappa shape index (κ3) is 4.32. The predicted octanol–water partition coefficient (Wildman–Crippen LogP) is 2.45. The molecule has 0 spiro atoms. The van der Waals surface area contributed by atoms with E-state index in [1.165, 1.54) is 18.2 Å². The molecule has 0 atom stereocenters. The van der Waals surface area contributed by atoms with Gasteiger partial charge >= 0.3 is 0 Å². The molecular formula is C12H15NO4. The Balaban J connectivity index is 2.63. The van der Waals surface area contributed by atoms with Crippen molar-refractivity contribution >= 4 is 11.5 Å². The molecule has 0 bridgehead atoms. The zero-order chi connectivity index (χ0) is 12.8. The van der Waals surface area contributed by atoms with E-state index in [9.17, 15) is 14.9 Å². The van der Waals surface area contributed by atoms with Crippen LogP contribution >= 0.6 is 0 Å². The van der Waals surface area contributed by atoms with Gasteiger partial charge in [0.05, 0.1) is 4.92 Å². The van der Waals surface area contributed by atoms with Crippen LogP contribution in [0.5, 0.6) is 0 Å². The van der Waals surface area contributed by atoms with Gasteiger partial charge in [0.1, 0.15) is 6.61 Å². The van der Waals surface area contributed by atoms with Crippen molar-refractivity contribution in [3.05, 3.63) is 39.9 Å². The highest BCUT2D eigenvalue weighted by molar-refractivity contribution is 5.97. The first-order valence-corrected chi connectivity index (χ1v) is 5.36. The molecule has 0 saturated carbocycles. The Labute approximate surface area is 99.5 Å². The van der Waals surface area contributed by atoms with Gasteiger partial charge in [-0.05, 0) is 5.92 Å². The highest BCUT2D eigenvalue weighted by Crippen LogP contribution is 2.13. The third-order valence-corrected chi connectivity index (χ3v) is 2.06. The van der Waals surface area contributed by atoms with E-state index >= 15 is 0 Å². The number of hydrogen-bond acceptors (Lipinski definition) is 4. The SMILES string of the molecule is CC(C)COCC(=O)c1cccc([N+](=O)[O-])c1. The van der Waals surface area contributed by atoms with Gasteiger partial charge in [0.2, 0.25) is 0 Å². The molecule has 0 saturated heterocycles. The Bertz CT molecular complexity index is 415. The number of carbonyl (C=O) groups excluding carboxylic acids is 1. The van der Waals surface area contributed by atoms with Gasteiger partial charge < -0.3 is 4.74 Å². The van der Waals surface area contributed by atoms with E-state index in [4.69, 9.17) is 4.74 Å². The zero-order valence-corrected chi connectivity index (χ0v) is 9.88. The van der Waals surface area contributed by atoms with Crippen LogP contribution in [-0.4, -0.2) is 23.9 Å². The van der Waals surface area contributed by atoms with Crippen molar-refractivity contribution in [1.29, 1.82) is 0 Å². The average Bonchev–Trinajstić information content (AvgIpc) is 2.28. The van der Waals surface area contributed by atoms with Crippen molar-refractivity contribution in [3.63, 3.8) is 0 Å². The molecule has 0 radical (unpaired) electrons. The minimum Gasteiger partial charge on any atom is -0.373 e. The van der Waals surface area contributed by atoms with E-state index in [0.29, 0.717) is 18.1 Å². The molecule has 0 unspecified atom stereocenters. The topological polar surface area (TPSA) is 69.4 Å². The van der Waals surface area contributed by atoms with Crippen molar-refractivity contribution in [2.75, 3.05) is 13.2 Å². The van der Waals surface area contributed by atoms with Crippen molar-refractivity contribution in [2.24, 2.45) is 5.92 Å².